The van der Waals surface area contributed by atoms with Crippen molar-refractivity contribution in [3.05, 3.63) is 34.6 Å². The molecule has 0 saturated heterocycles. The van der Waals surface area contributed by atoms with Crippen molar-refractivity contribution in [3.63, 3.8) is 0 Å². The van der Waals surface area contributed by atoms with Crippen molar-refractivity contribution in [1.29, 1.82) is 0 Å². The van der Waals surface area contributed by atoms with E-state index in [1.165, 1.54) is 12.1 Å². The molecule has 1 nitrogen and oxygen atoms in total. The summed E-state index contributed by atoms with van der Waals surface area (Å²) in [5.74, 6) is -0.0837. The van der Waals surface area contributed by atoms with E-state index in [0.29, 0.717) is 22.9 Å². The number of Topliss-reactive ketones (excluding diaryl/α,β-unsaturated/α-hetero) is 1. The summed E-state index contributed by atoms with van der Waals surface area (Å²) in [5.41, 5.74) is 0.310. The molecule has 0 N–H and O–H groups in total. The minimum Gasteiger partial charge on any atom is -0.299 e. The van der Waals surface area contributed by atoms with E-state index in [0.717, 1.165) is 0 Å². The molecule has 15 heavy (non-hydrogen) atoms. The van der Waals surface area contributed by atoms with Crippen LogP contribution in [-0.2, 0) is 11.2 Å². The maximum Gasteiger partial charge on any atom is 0.137 e. The second kappa shape index (κ2) is 5.26. The summed E-state index contributed by atoms with van der Waals surface area (Å²) < 4.78 is 13.3. The molecule has 1 aromatic carbocycles. The van der Waals surface area contributed by atoms with Crippen molar-refractivity contribution in [3.8, 4) is 0 Å². The molecule has 0 aliphatic carbocycles. The van der Waals surface area contributed by atoms with Gasteiger partial charge in [-0.15, -0.1) is 0 Å². The number of carbonyl (C=O) groups is 1. The van der Waals surface area contributed by atoms with E-state index < -0.39 is 5.82 Å². The summed E-state index contributed by atoms with van der Waals surface area (Å²) in [6, 6.07) is 4.46. The minimum atomic E-state index is -0.403. The maximum atomic E-state index is 13.3. The van der Waals surface area contributed by atoms with Crippen LogP contribution in [0.3, 0.4) is 0 Å². The van der Waals surface area contributed by atoms with Gasteiger partial charge >= 0.3 is 0 Å². The van der Waals surface area contributed by atoms with E-state index in [1.807, 2.05) is 13.8 Å². The van der Waals surface area contributed by atoms with Crippen LogP contribution >= 0.6 is 11.6 Å². The van der Waals surface area contributed by atoms with E-state index in [4.69, 9.17) is 11.6 Å². The molecule has 0 heterocycles. The van der Waals surface area contributed by atoms with Crippen LogP contribution in [0.5, 0.6) is 0 Å². The Hall–Kier alpha value is -0.890. The van der Waals surface area contributed by atoms with E-state index in [2.05, 4.69) is 0 Å². The Kier molecular flexibility index (Phi) is 4.28. The zero-order valence-electron chi connectivity index (χ0n) is 8.89. The SMILES string of the molecule is CC(C)CC(=O)Cc1c(F)cccc1Cl. The van der Waals surface area contributed by atoms with Crippen molar-refractivity contribution in [2.75, 3.05) is 0 Å². The smallest absolute Gasteiger partial charge is 0.137 e. The van der Waals surface area contributed by atoms with E-state index in [9.17, 15) is 9.18 Å². The summed E-state index contributed by atoms with van der Waals surface area (Å²) in [4.78, 5) is 11.5. The van der Waals surface area contributed by atoms with Gasteiger partial charge in [0.25, 0.3) is 0 Å². The normalized spacial score (nSPS) is 10.7. The molecule has 1 rings (SSSR count). The summed E-state index contributed by atoms with van der Waals surface area (Å²) in [7, 11) is 0. The average molecular weight is 229 g/mol. The van der Waals surface area contributed by atoms with Crippen molar-refractivity contribution >= 4 is 17.4 Å². The molecular formula is C12H14ClFO. The van der Waals surface area contributed by atoms with Gasteiger partial charge in [-0.05, 0) is 18.1 Å². The number of rotatable bonds is 4. The average Bonchev–Trinajstić information content (AvgIpc) is 2.10. The fourth-order valence-electron chi connectivity index (χ4n) is 1.43. The third-order valence-corrected chi connectivity index (χ3v) is 2.43. The first-order valence-electron chi connectivity index (χ1n) is 4.95. The molecule has 3 heteroatoms. The predicted molar refractivity (Wildman–Crippen MR) is 59.6 cm³/mol. The summed E-state index contributed by atoms with van der Waals surface area (Å²) in [6.07, 6.45) is 0.550. The first-order chi connectivity index (χ1) is 7.00. The zero-order chi connectivity index (χ0) is 11.4. The van der Waals surface area contributed by atoms with Gasteiger partial charge in [-0.2, -0.15) is 0 Å². The highest BCUT2D eigenvalue weighted by atomic mass is 35.5. The Morgan fingerprint density at radius 1 is 1.47 bits per heavy atom. The standard InChI is InChI=1S/C12H14ClFO/c1-8(2)6-9(15)7-10-11(13)4-3-5-12(10)14/h3-5,8H,6-7H2,1-2H3. The van der Waals surface area contributed by atoms with Crippen LogP contribution in [0.4, 0.5) is 4.39 Å². The molecule has 0 amide bonds. The van der Waals surface area contributed by atoms with Gasteiger partial charge in [-0.25, -0.2) is 4.39 Å². The summed E-state index contributed by atoms with van der Waals surface area (Å²) in [5, 5.41) is 0.326. The highest BCUT2D eigenvalue weighted by Gasteiger charge is 2.12. The van der Waals surface area contributed by atoms with Crippen LogP contribution < -0.4 is 0 Å². The summed E-state index contributed by atoms with van der Waals surface area (Å²) in [6.45, 7) is 3.92. The Bertz CT molecular complexity index is 340. The first kappa shape index (κ1) is 12.2. The Balaban J connectivity index is 2.76. The molecule has 0 aromatic heterocycles. The van der Waals surface area contributed by atoms with Crippen LogP contribution in [0.1, 0.15) is 25.8 Å². The molecule has 82 valence electrons. The van der Waals surface area contributed by atoms with Gasteiger partial charge in [0.05, 0.1) is 0 Å². The molecule has 1 aromatic rings. The number of benzene rings is 1. The lowest BCUT2D eigenvalue weighted by Gasteiger charge is -2.06. The van der Waals surface area contributed by atoms with Crippen molar-refractivity contribution < 1.29 is 9.18 Å². The number of ketones is 1. The van der Waals surface area contributed by atoms with Gasteiger partial charge in [-0.1, -0.05) is 31.5 Å². The van der Waals surface area contributed by atoms with Crippen molar-refractivity contribution in [2.24, 2.45) is 5.92 Å². The molecule has 0 atom stereocenters. The molecule has 0 aliphatic heterocycles. The molecule has 0 fully saturated rings. The molecule has 0 saturated carbocycles. The minimum absolute atomic E-state index is 0.0250. The van der Waals surface area contributed by atoms with Gasteiger partial charge < -0.3 is 0 Å². The monoisotopic (exact) mass is 228 g/mol. The Labute approximate surface area is 94.3 Å². The van der Waals surface area contributed by atoms with Gasteiger partial charge in [0.1, 0.15) is 11.6 Å². The van der Waals surface area contributed by atoms with Gasteiger partial charge in [0, 0.05) is 23.4 Å². The van der Waals surface area contributed by atoms with E-state index in [-0.39, 0.29) is 12.2 Å². The van der Waals surface area contributed by atoms with Crippen LogP contribution in [0.2, 0.25) is 5.02 Å². The van der Waals surface area contributed by atoms with Crippen LogP contribution in [0.15, 0.2) is 18.2 Å². The molecule has 0 radical (unpaired) electrons. The molecular weight excluding hydrogens is 215 g/mol. The maximum absolute atomic E-state index is 13.3. The molecule has 0 spiro atoms. The molecule has 0 unspecified atom stereocenters. The van der Waals surface area contributed by atoms with Gasteiger partial charge in [-0.3, -0.25) is 4.79 Å². The predicted octanol–water partition coefficient (Wildman–Crippen LogP) is 3.64. The molecule has 0 bridgehead atoms. The largest absolute Gasteiger partial charge is 0.299 e. The van der Waals surface area contributed by atoms with E-state index >= 15 is 0 Å². The number of halogens is 2. The lowest BCUT2D eigenvalue weighted by atomic mass is 10.0. The van der Waals surface area contributed by atoms with Crippen molar-refractivity contribution in [1.82, 2.24) is 0 Å². The number of hydrogen-bond donors (Lipinski definition) is 0. The van der Waals surface area contributed by atoms with Crippen LogP contribution in [0.25, 0.3) is 0 Å². The van der Waals surface area contributed by atoms with Crippen molar-refractivity contribution in [2.45, 2.75) is 26.7 Å². The third-order valence-electron chi connectivity index (χ3n) is 2.07. The second-order valence-corrected chi connectivity index (χ2v) is 4.42. The van der Waals surface area contributed by atoms with Crippen LogP contribution in [-0.4, -0.2) is 5.78 Å². The van der Waals surface area contributed by atoms with E-state index in [1.54, 1.807) is 6.07 Å². The van der Waals surface area contributed by atoms with Gasteiger partial charge in [0.15, 0.2) is 0 Å². The second-order valence-electron chi connectivity index (χ2n) is 4.01. The lowest BCUT2D eigenvalue weighted by Crippen LogP contribution is -2.08. The highest BCUT2D eigenvalue weighted by molar-refractivity contribution is 6.31. The zero-order valence-corrected chi connectivity index (χ0v) is 9.64. The third kappa shape index (κ3) is 3.63. The van der Waals surface area contributed by atoms with Crippen LogP contribution in [0, 0.1) is 11.7 Å². The lowest BCUT2D eigenvalue weighted by molar-refractivity contribution is -0.119. The topological polar surface area (TPSA) is 17.1 Å². The quantitative estimate of drug-likeness (QED) is 0.769. The highest BCUT2D eigenvalue weighted by Crippen LogP contribution is 2.20. The number of hydrogen-bond acceptors (Lipinski definition) is 1. The Morgan fingerprint density at radius 3 is 2.67 bits per heavy atom. The fraction of sp³-hybridized carbons (Fsp3) is 0.417. The van der Waals surface area contributed by atoms with Gasteiger partial charge in [0.2, 0.25) is 0 Å². The number of carbonyl (C=O) groups excluding carboxylic acids is 1. The Morgan fingerprint density at radius 2 is 2.13 bits per heavy atom. The first-order valence-corrected chi connectivity index (χ1v) is 5.33. The fourth-order valence-corrected chi connectivity index (χ4v) is 1.66. The summed E-state index contributed by atoms with van der Waals surface area (Å²) >= 11 is 5.82. The molecule has 0 aliphatic rings.